The molecule has 0 spiro atoms. The molecule has 0 aromatic carbocycles. The zero-order valence-corrected chi connectivity index (χ0v) is 7.47. The van der Waals surface area contributed by atoms with Gasteiger partial charge in [-0.2, -0.15) is 0 Å². The van der Waals surface area contributed by atoms with Crippen molar-refractivity contribution >= 4 is 34.8 Å². The first kappa shape index (κ1) is 9.61. The number of allylic oxidation sites excluding steroid dienone is 2. The van der Waals surface area contributed by atoms with E-state index in [1.807, 2.05) is 12.2 Å². The Balaban J connectivity index is 3.38. The molecule has 3 heteroatoms. The quantitative estimate of drug-likeness (QED) is 0.469. The second-order valence-electron chi connectivity index (χ2n) is 1.90. The van der Waals surface area contributed by atoms with Crippen molar-refractivity contribution in [3.63, 3.8) is 0 Å². The molecule has 0 aromatic heterocycles. The van der Waals surface area contributed by atoms with Gasteiger partial charge in [-0.3, -0.25) is 0 Å². The van der Waals surface area contributed by atoms with Crippen molar-refractivity contribution in [1.29, 1.82) is 0 Å². The van der Waals surface area contributed by atoms with Gasteiger partial charge in [0.25, 0.3) is 0 Å². The third-order valence-corrected chi connectivity index (χ3v) is 1.22. The average Bonchev–Trinajstić information content (AvgIpc) is 1.63. The summed E-state index contributed by atoms with van der Waals surface area (Å²) >= 11 is 16.6. The molecular formula is C6H9Cl3. The lowest BCUT2D eigenvalue weighted by molar-refractivity contribution is 0.882. The first-order valence-electron chi connectivity index (χ1n) is 2.65. The molecule has 0 bridgehead atoms. The highest BCUT2D eigenvalue weighted by atomic mass is 35.5. The van der Waals surface area contributed by atoms with Crippen LogP contribution in [0.15, 0.2) is 12.2 Å². The van der Waals surface area contributed by atoms with Crippen molar-refractivity contribution in [2.75, 3.05) is 5.88 Å². The van der Waals surface area contributed by atoms with Crippen LogP contribution < -0.4 is 0 Å². The number of rotatable bonds is 3. The summed E-state index contributed by atoms with van der Waals surface area (Å²) in [5.41, 5.74) is 0. The van der Waals surface area contributed by atoms with Crippen LogP contribution in [0, 0.1) is 0 Å². The van der Waals surface area contributed by atoms with E-state index in [4.69, 9.17) is 34.8 Å². The molecule has 0 heterocycles. The molecule has 0 atom stereocenters. The smallest absolute Gasteiger partial charge is 0.119 e. The molecule has 0 radical (unpaired) electrons. The average molecular weight is 187 g/mol. The first-order valence-corrected chi connectivity index (χ1v) is 3.94. The molecule has 0 N–H and O–H groups in total. The van der Waals surface area contributed by atoms with Crippen molar-refractivity contribution in [3.05, 3.63) is 12.2 Å². The first-order chi connectivity index (χ1) is 4.06. The zero-order valence-electron chi connectivity index (χ0n) is 5.20. The van der Waals surface area contributed by atoms with Crippen LogP contribution in [-0.4, -0.2) is 10.2 Å². The van der Waals surface area contributed by atoms with Gasteiger partial charge in [-0.25, -0.2) is 0 Å². The van der Waals surface area contributed by atoms with Crippen molar-refractivity contribution in [2.24, 2.45) is 0 Å². The van der Waals surface area contributed by atoms with E-state index in [-0.39, 0.29) is 0 Å². The molecule has 0 aliphatic carbocycles. The third kappa shape index (κ3) is 8.61. The molecule has 0 aliphatic heterocycles. The second kappa shape index (κ2) is 4.43. The fraction of sp³-hybridized carbons (Fsp3) is 0.667. The van der Waals surface area contributed by atoms with Crippen LogP contribution in [0.2, 0.25) is 0 Å². The molecule has 0 amide bonds. The van der Waals surface area contributed by atoms with Crippen LogP contribution in [0.1, 0.15) is 13.3 Å². The maximum absolute atomic E-state index is 5.64. The van der Waals surface area contributed by atoms with Crippen LogP contribution in [0.25, 0.3) is 0 Å². The highest BCUT2D eigenvalue weighted by Gasteiger charge is 2.12. The van der Waals surface area contributed by atoms with Gasteiger partial charge >= 0.3 is 0 Å². The molecule has 0 rings (SSSR count). The molecule has 0 saturated heterocycles. The van der Waals surface area contributed by atoms with Gasteiger partial charge < -0.3 is 0 Å². The molecule has 0 saturated carbocycles. The van der Waals surface area contributed by atoms with Gasteiger partial charge in [0.2, 0.25) is 0 Å². The number of hydrogen-bond acceptors (Lipinski definition) is 0. The van der Waals surface area contributed by atoms with Crippen LogP contribution in [0.4, 0.5) is 0 Å². The summed E-state index contributed by atoms with van der Waals surface area (Å²) in [6.45, 7) is 1.74. The Morgan fingerprint density at radius 3 is 2.22 bits per heavy atom. The van der Waals surface area contributed by atoms with Crippen molar-refractivity contribution in [2.45, 2.75) is 17.7 Å². The normalized spacial score (nSPS) is 12.9. The van der Waals surface area contributed by atoms with E-state index < -0.39 is 4.33 Å². The van der Waals surface area contributed by atoms with Gasteiger partial charge in [0.1, 0.15) is 4.33 Å². The van der Waals surface area contributed by atoms with Crippen LogP contribution >= 0.6 is 34.8 Å². The Bertz CT molecular complexity index is 91.0. The van der Waals surface area contributed by atoms with Gasteiger partial charge in [0.15, 0.2) is 0 Å². The summed E-state index contributed by atoms with van der Waals surface area (Å²) in [6.07, 6.45) is 4.33. The Kier molecular flexibility index (Phi) is 4.73. The molecule has 0 unspecified atom stereocenters. The maximum Gasteiger partial charge on any atom is 0.119 e. The molecule has 9 heavy (non-hydrogen) atoms. The zero-order chi connectivity index (χ0) is 7.33. The minimum Gasteiger partial charge on any atom is -0.122 e. The van der Waals surface area contributed by atoms with Gasteiger partial charge in [0, 0.05) is 5.88 Å². The monoisotopic (exact) mass is 186 g/mol. The van der Waals surface area contributed by atoms with E-state index in [9.17, 15) is 0 Å². The fourth-order valence-electron chi connectivity index (χ4n) is 0.353. The Morgan fingerprint density at radius 2 is 1.89 bits per heavy atom. The van der Waals surface area contributed by atoms with E-state index in [0.717, 1.165) is 0 Å². The maximum atomic E-state index is 5.64. The molecule has 0 aliphatic rings. The SMILES string of the molecule is CC(Cl)(Cl)C/C=C/CCl. The van der Waals surface area contributed by atoms with E-state index >= 15 is 0 Å². The summed E-state index contributed by atoms with van der Waals surface area (Å²) in [6, 6.07) is 0. The molecule has 0 fully saturated rings. The highest BCUT2D eigenvalue weighted by molar-refractivity contribution is 6.48. The minimum atomic E-state index is -0.650. The van der Waals surface area contributed by atoms with Crippen molar-refractivity contribution in [3.8, 4) is 0 Å². The van der Waals surface area contributed by atoms with E-state index in [2.05, 4.69) is 0 Å². The van der Waals surface area contributed by atoms with Gasteiger partial charge in [-0.05, 0) is 13.3 Å². The predicted molar refractivity (Wildman–Crippen MR) is 44.6 cm³/mol. The highest BCUT2D eigenvalue weighted by Crippen LogP contribution is 2.23. The number of hydrogen-bond donors (Lipinski definition) is 0. The lowest BCUT2D eigenvalue weighted by Gasteiger charge is -2.07. The number of alkyl halides is 3. The summed E-state index contributed by atoms with van der Waals surface area (Å²) in [5, 5.41) is 0. The summed E-state index contributed by atoms with van der Waals surface area (Å²) < 4.78 is -0.650. The fourth-order valence-corrected chi connectivity index (χ4v) is 0.657. The van der Waals surface area contributed by atoms with Crippen molar-refractivity contribution < 1.29 is 0 Å². The molecule has 54 valence electrons. The van der Waals surface area contributed by atoms with Gasteiger partial charge in [-0.15, -0.1) is 34.8 Å². The van der Waals surface area contributed by atoms with Crippen LogP contribution in [0.5, 0.6) is 0 Å². The lowest BCUT2D eigenvalue weighted by atomic mass is 10.3. The molecule has 0 aromatic rings. The third-order valence-electron chi connectivity index (χ3n) is 0.732. The van der Waals surface area contributed by atoms with E-state index in [1.54, 1.807) is 6.92 Å². The predicted octanol–water partition coefficient (Wildman–Crippen LogP) is 3.37. The topological polar surface area (TPSA) is 0 Å². The van der Waals surface area contributed by atoms with Crippen LogP contribution in [-0.2, 0) is 0 Å². The Labute approximate surface area is 70.8 Å². The van der Waals surface area contributed by atoms with Gasteiger partial charge in [-0.1, -0.05) is 12.2 Å². The minimum absolute atomic E-state index is 0.518. The number of halogens is 3. The summed E-state index contributed by atoms with van der Waals surface area (Å²) in [5.74, 6) is 0.518. The standard InChI is InChI=1S/C6H9Cl3/c1-6(8,9)4-2-3-5-7/h2-3H,4-5H2,1H3/b3-2+. The Hall–Kier alpha value is 0.610. The van der Waals surface area contributed by atoms with Crippen LogP contribution in [0.3, 0.4) is 0 Å². The Morgan fingerprint density at radius 1 is 1.33 bits per heavy atom. The molecule has 0 nitrogen and oxygen atoms in total. The summed E-state index contributed by atoms with van der Waals surface area (Å²) in [7, 11) is 0. The molecular weight excluding hydrogens is 178 g/mol. The summed E-state index contributed by atoms with van der Waals surface area (Å²) in [4.78, 5) is 0. The second-order valence-corrected chi connectivity index (χ2v) is 4.07. The van der Waals surface area contributed by atoms with Crippen molar-refractivity contribution in [1.82, 2.24) is 0 Å². The largest absolute Gasteiger partial charge is 0.122 e. The van der Waals surface area contributed by atoms with Gasteiger partial charge in [0.05, 0.1) is 0 Å². The van der Waals surface area contributed by atoms with E-state index in [0.29, 0.717) is 12.3 Å². The lowest BCUT2D eigenvalue weighted by Crippen LogP contribution is -2.02. The van der Waals surface area contributed by atoms with E-state index in [1.165, 1.54) is 0 Å².